The quantitative estimate of drug-likeness (QED) is 0.231. The van der Waals surface area contributed by atoms with E-state index in [1.54, 1.807) is 0 Å². The van der Waals surface area contributed by atoms with Crippen molar-refractivity contribution in [2.75, 3.05) is 6.61 Å². The van der Waals surface area contributed by atoms with Gasteiger partial charge in [-0.1, -0.05) is 60.1 Å². The van der Waals surface area contributed by atoms with Crippen LogP contribution in [-0.2, 0) is 14.3 Å². The lowest BCUT2D eigenvalue weighted by molar-refractivity contribution is -0.297. The van der Waals surface area contributed by atoms with E-state index >= 15 is 0 Å². The molecule has 0 amide bonds. The average Bonchev–Trinajstić information content (AvgIpc) is 2.95. The number of ether oxygens (including phenoxy) is 2. The molecule has 1 saturated heterocycles. The van der Waals surface area contributed by atoms with E-state index in [1.165, 1.54) is 5.57 Å². The molecule has 0 aromatic carbocycles. The summed E-state index contributed by atoms with van der Waals surface area (Å²) in [5.41, 5.74) is 0.719. The first-order valence-electron chi connectivity index (χ1n) is 17.3. The molecule has 0 aromatic heterocycles. The van der Waals surface area contributed by atoms with Crippen LogP contribution >= 0.6 is 0 Å². The van der Waals surface area contributed by atoms with Crippen molar-refractivity contribution >= 4 is 5.97 Å². The van der Waals surface area contributed by atoms with Crippen LogP contribution in [0.2, 0.25) is 0 Å². The maximum absolute atomic E-state index is 14.4. The third-order valence-corrected chi connectivity index (χ3v) is 15.1. The van der Waals surface area contributed by atoms with Crippen molar-refractivity contribution in [2.24, 2.45) is 50.2 Å². The molecule has 6 rings (SSSR count). The first kappa shape index (κ1) is 32.9. The highest BCUT2D eigenvalue weighted by atomic mass is 16.7. The number of hydrogen-bond donors (Lipinski definition) is 5. The van der Waals surface area contributed by atoms with Crippen molar-refractivity contribution in [2.45, 2.75) is 149 Å². The van der Waals surface area contributed by atoms with Crippen molar-refractivity contribution in [3.05, 3.63) is 11.6 Å². The smallest absolute Gasteiger partial charge is 0.315 e. The predicted molar refractivity (Wildman–Crippen MR) is 165 cm³/mol. The molecular formula is C36H58O8. The molecule has 250 valence electrons. The van der Waals surface area contributed by atoms with E-state index in [2.05, 4.69) is 54.5 Å². The number of fused-ring (bicyclic) bond motifs is 7. The number of carbonyl (C=O) groups excluding carboxylic acids is 1. The van der Waals surface area contributed by atoms with E-state index in [1.807, 2.05) is 0 Å². The highest BCUT2D eigenvalue weighted by molar-refractivity contribution is 5.79. The summed E-state index contributed by atoms with van der Waals surface area (Å²) in [5.74, 6) is 0.561. The molecule has 5 N–H and O–H groups in total. The normalized spacial score (nSPS) is 52.8. The lowest BCUT2D eigenvalue weighted by Gasteiger charge is -2.71. The Morgan fingerprint density at radius 3 is 2.23 bits per heavy atom. The zero-order chi connectivity index (χ0) is 32.3. The molecule has 8 heteroatoms. The summed E-state index contributed by atoms with van der Waals surface area (Å²) in [7, 11) is 0. The van der Waals surface area contributed by atoms with Crippen molar-refractivity contribution in [3.8, 4) is 0 Å². The number of rotatable bonds is 3. The van der Waals surface area contributed by atoms with Gasteiger partial charge >= 0.3 is 5.97 Å². The van der Waals surface area contributed by atoms with Crippen molar-refractivity contribution < 1.29 is 39.8 Å². The van der Waals surface area contributed by atoms with Crippen LogP contribution in [-0.4, -0.2) is 74.9 Å². The van der Waals surface area contributed by atoms with E-state index < -0.39 is 48.7 Å². The number of allylic oxidation sites excluding steroid dienone is 2. The Hall–Kier alpha value is -1.03. The third-order valence-electron chi connectivity index (χ3n) is 15.1. The molecule has 0 radical (unpaired) electrons. The van der Waals surface area contributed by atoms with Gasteiger partial charge in [0.2, 0.25) is 6.29 Å². The molecule has 5 fully saturated rings. The highest BCUT2D eigenvalue weighted by Gasteiger charge is 2.69. The predicted octanol–water partition coefficient (Wildman–Crippen LogP) is 4.49. The lowest BCUT2D eigenvalue weighted by atomic mass is 9.33. The van der Waals surface area contributed by atoms with Gasteiger partial charge in [-0.3, -0.25) is 4.79 Å². The number of esters is 1. The molecule has 1 aliphatic heterocycles. The molecule has 0 unspecified atom stereocenters. The molecule has 1 heterocycles. The van der Waals surface area contributed by atoms with Crippen LogP contribution in [0.1, 0.15) is 113 Å². The van der Waals surface area contributed by atoms with Gasteiger partial charge in [0.05, 0.1) is 18.1 Å². The minimum absolute atomic E-state index is 0.00434. The van der Waals surface area contributed by atoms with E-state index in [0.717, 1.165) is 51.4 Å². The van der Waals surface area contributed by atoms with Crippen LogP contribution in [0.15, 0.2) is 11.6 Å². The Morgan fingerprint density at radius 1 is 0.864 bits per heavy atom. The summed E-state index contributed by atoms with van der Waals surface area (Å²) in [6.07, 6.45) is 4.05. The first-order valence-corrected chi connectivity index (χ1v) is 17.3. The Morgan fingerprint density at radius 2 is 1.55 bits per heavy atom. The molecule has 13 atom stereocenters. The molecule has 44 heavy (non-hydrogen) atoms. The minimum Gasteiger partial charge on any atom is -0.432 e. The third kappa shape index (κ3) is 4.40. The Kier molecular flexibility index (Phi) is 7.84. The van der Waals surface area contributed by atoms with Crippen LogP contribution in [0.4, 0.5) is 0 Å². The van der Waals surface area contributed by atoms with Crippen LogP contribution in [0.3, 0.4) is 0 Å². The molecule has 8 nitrogen and oxygen atoms in total. The van der Waals surface area contributed by atoms with Gasteiger partial charge in [0.15, 0.2) is 0 Å². The first-order chi connectivity index (χ1) is 20.4. The van der Waals surface area contributed by atoms with Gasteiger partial charge in [-0.25, -0.2) is 0 Å². The molecule has 0 spiro atoms. The van der Waals surface area contributed by atoms with Crippen molar-refractivity contribution in [1.29, 1.82) is 0 Å². The summed E-state index contributed by atoms with van der Waals surface area (Å²) in [5, 5.41) is 52.0. The maximum Gasteiger partial charge on any atom is 0.315 e. The fourth-order valence-electron chi connectivity index (χ4n) is 12.0. The average molecular weight is 619 g/mol. The van der Waals surface area contributed by atoms with E-state index in [0.29, 0.717) is 24.7 Å². The zero-order valence-corrected chi connectivity index (χ0v) is 28.0. The topological polar surface area (TPSA) is 137 Å². The van der Waals surface area contributed by atoms with Gasteiger partial charge in [-0.05, 0) is 109 Å². The highest BCUT2D eigenvalue weighted by Crippen LogP contribution is 2.75. The maximum atomic E-state index is 14.4. The number of aliphatic hydroxyl groups excluding tert-OH is 5. The second-order valence-corrected chi connectivity index (χ2v) is 17.8. The van der Waals surface area contributed by atoms with Crippen LogP contribution in [0.5, 0.6) is 0 Å². The number of carbonyl (C=O) groups is 1. The molecule has 0 aromatic rings. The van der Waals surface area contributed by atoms with Crippen LogP contribution < -0.4 is 0 Å². The summed E-state index contributed by atoms with van der Waals surface area (Å²) in [4.78, 5) is 14.4. The lowest BCUT2D eigenvalue weighted by Crippen LogP contribution is -2.65. The van der Waals surface area contributed by atoms with Gasteiger partial charge in [-0.2, -0.15) is 0 Å². The van der Waals surface area contributed by atoms with E-state index in [4.69, 9.17) is 9.47 Å². The van der Waals surface area contributed by atoms with Gasteiger partial charge in [-0.15, -0.1) is 0 Å². The summed E-state index contributed by atoms with van der Waals surface area (Å²) in [6, 6.07) is 0. The fourth-order valence-corrected chi connectivity index (χ4v) is 12.0. The monoisotopic (exact) mass is 618 g/mol. The standard InChI is InChI=1S/C36H58O8/c1-31(2)14-16-36(30(42)44-29-28(41)27(40)26(39)22(19-37)43-29)17-15-34(6)20(21(36)18-31)8-9-24-33(5)12-11-25(38)32(3,4)23(33)10-13-35(24,34)7/h8,21-29,37-41H,9-19H2,1-7H3/t21-,22-,23-,24-,25-,26-,27+,28-,29+,33-,34-,35-,36+/m1/s1. The van der Waals surface area contributed by atoms with Gasteiger partial charge in [0.25, 0.3) is 0 Å². The Labute approximate surface area is 263 Å². The molecular weight excluding hydrogens is 560 g/mol. The summed E-state index contributed by atoms with van der Waals surface area (Å²) in [6.45, 7) is 16.1. The van der Waals surface area contributed by atoms with Crippen LogP contribution in [0, 0.1) is 50.2 Å². The fraction of sp³-hybridized carbons (Fsp3) is 0.917. The van der Waals surface area contributed by atoms with Gasteiger partial charge in [0, 0.05) is 0 Å². The Balaban J connectivity index is 1.35. The van der Waals surface area contributed by atoms with Gasteiger partial charge < -0.3 is 35.0 Å². The van der Waals surface area contributed by atoms with Crippen LogP contribution in [0.25, 0.3) is 0 Å². The molecule has 0 bridgehead atoms. The number of hydrogen-bond acceptors (Lipinski definition) is 8. The Bertz CT molecular complexity index is 1180. The molecule has 6 aliphatic rings. The zero-order valence-electron chi connectivity index (χ0n) is 28.0. The van der Waals surface area contributed by atoms with Crippen molar-refractivity contribution in [1.82, 2.24) is 0 Å². The minimum atomic E-state index is -1.61. The summed E-state index contributed by atoms with van der Waals surface area (Å²) >= 11 is 0. The van der Waals surface area contributed by atoms with E-state index in [9.17, 15) is 30.3 Å². The second kappa shape index (κ2) is 10.5. The summed E-state index contributed by atoms with van der Waals surface area (Å²) < 4.78 is 11.6. The largest absolute Gasteiger partial charge is 0.432 e. The number of aliphatic hydroxyl groups is 5. The van der Waals surface area contributed by atoms with Crippen molar-refractivity contribution in [3.63, 3.8) is 0 Å². The second-order valence-electron chi connectivity index (χ2n) is 17.8. The van der Waals surface area contributed by atoms with E-state index in [-0.39, 0.29) is 39.1 Å². The SMILES string of the molecule is CC1(C)CC[C@]2(C(=O)O[C@@H]3O[C@H](CO)[C@@H](O)[C@H](O)[C@H]3O)CC[C@]3(C)C(=CC[C@@H]4[C@]5(C)CC[C@@H](O)C(C)(C)[C@H]5CC[C@]43C)[C@H]2C1. The molecule has 5 aliphatic carbocycles. The molecule has 4 saturated carbocycles. The van der Waals surface area contributed by atoms with Gasteiger partial charge in [0.1, 0.15) is 24.4 Å².